The van der Waals surface area contributed by atoms with Gasteiger partial charge in [0.05, 0.1) is 79.4 Å². The third kappa shape index (κ3) is 10.1. The van der Waals surface area contributed by atoms with Gasteiger partial charge in [0, 0.05) is 50.6 Å². The minimum Gasteiger partial charge on any atom is -0.373 e. The van der Waals surface area contributed by atoms with Gasteiger partial charge in [-0.2, -0.15) is 0 Å². The van der Waals surface area contributed by atoms with Crippen LogP contribution in [-0.2, 0) is 5.60 Å². The predicted octanol–water partition coefficient (Wildman–Crippen LogP) is 18.0. The molecule has 2 unspecified atom stereocenters. The summed E-state index contributed by atoms with van der Waals surface area (Å²) in [5.41, 5.74) is -42.2. The van der Waals surface area contributed by atoms with E-state index >= 15 is 105 Å². The van der Waals surface area contributed by atoms with Crippen LogP contribution in [0.25, 0.3) is 22.3 Å². The molecule has 0 saturated heterocycles. The number of benzene rings is 6. The zero-order chi connectivity index (χ0) is 74.8. The number of aromatic nitrogens is 2. The molecule has 13 rings (SSSR count). The van der Waals surface area contributed by atoms with Gasteiger partial charge in [-0.15, -0.1) is 0 Å². The van der Waals surface area contributed by atoms with Crippen molar-refractivity contribution in [3.8, 4) is 0 Å². The summed E-state index contributed by atoms with van der Waals surface area (Å²) in [6.45, 7) is 0. The molecule has 7 nitrogen and oxygen atoms in total. The zero-order valence-electron chi connectivity index (χ0n) is 48.6. The van der Waals surface area contributed by atoms with Crippen molar-refractivity contribution in [3.63, 3.8) is 0 Å². The van der Waals surface area contributed by atoms with Gasteiger partial charge in [0.1, 0.15) is 0 Å². The van der Waals surface area contributed by atoms with E-state index in [-0.39, 0.29) is 24.3 Å². The highest BCUT2D eigenvalue weighted by Gasteiger charge is 2.50. The van der Waals surface area contributed by atoms with Crippen LogP contribution in [0.15, 0.2) is 116 Å². The number of aromatic amines is 2. The second-order valence-electron chi connectivity index (χ2n) is 21.9. The largest absolute Gasteiger partial charge is 0.373 e. The van der Waals surface area contributed by atoms with Crippen LogP contribution in [-0.4, -0.2) is 37.9 Å². The van der Waals surface area contributed by atoms with Gasteiger partial charge < -0.3 is 15.1 Å². The molecule has 3 N–H and O–H groups in total. The summed E-state index contributed by atoms with van der Waals surface area (Å²) in [5, 5.41) is 12.9. The lowest BCUT2D eigenvalue weighted by atomic mass is 9.83. The first kappa shape index (κ1) is 69.8. The highest BCUT2D eigenvalue weighted by Crippen LogP contribution is 2.48. The molecule has 37 heteroatoms. The van der Waals surface area contributed by atoms with Crippen molar-refractivity contribution >= 4 is 45.1 Å². The molecule has 103 heavy (non-hydrogen) atoms. The Bertz CT molecular complexity index is 5270. The van der Waals surface area contributed by atoms with Crippen molar-refractivity contribution in [3.05, 3.63) is 326 Å². The molecule has 2 atom stereocenters. The summed E-state index contributed by atoms with van der Waals surface area (Å²) >= 11 is 0. The fourth-order valence-corrected chi connectivity index (χ4v) is 11.7. The number of hydrogen-bond donors (Lipinski definition) is 3. The highest BCUT2D eigenvalue weighted by atomic mass is 19.2. The maximum Gasteiger partial charge on any atom is 0.200 e. The smallest absolute Gasteiger partial charge is 0.200 e. The van der Waals surface area contributed by atoms with Crippen LogP contribution in [0, 0.1) is 175 Å². The molecule has 0 aliphatic carbocycles. The van der Waals surface area contributed by atoms with E-state index in [1.807, 2.05) is 0 Å². The number of nitrogens with one attached hydrogen (secondary N) is 2. The fraction of sp³-hybridized carbons (Fsp3) is 0.0303. The van der Waals surface area contributed by atoms with E-state index in [2.05, 4.69) is 29.9 Å². The van der Waals surface area contributed by atoms with E-state index in [4.69, 9.17) is 0 Å². The van der Waals surface area contributed by atoms with Crippen LogP contribution in [0.3, 0.4) is 0 Å². The van der Waals surface area contributed by atoms with Crippen molar-refractivity contribution in [2.45, 2.75) is 11.5 Å². The van der Waals surface area contributed by atoms with Gasteiger partial charge in [-0.25, -0.2) is 152 Å². The lowest BCUT2D eigenvalue weighted by molar-refractivity contribution is 0.172. The topological polar surface area (TPSA) is 101 Å². The molecule has 12 bridgehead atoms. The highest BCUT2D eigenvalue weighted by molar-refractivity contribution is 6.35. The number of hydrogen-bond acceptors (Lipinski definition) is 5. The number of allylic oxidation sites excluding steroid dienone is 8. The summed E-state index contributed by atoms with van der Waals surface area (Å²) in [6.07, 6.45) is 1.91. The Kier molecular flexibility index (Phi) is 16.6. The molecule has 8 aromatic rings. The van der Waals surface area contributed by atoms with E-state index < -0.39 is 310 Å². The Morgan fingerprint density at radius 3 is 0.777 bits per heavy atom. The van der Waals surface area contributed by atoms with Crippen molar-refractivity contribution in [2.24, 2.45) is 20.0 Å². The van der Waals surface area contributed by atoms with Crippen molar-refractivity contribution in [1.29, 1.82) is 0 Å². The van der Waals surface area contributed by atoms with E-state index in [1.54, 1.807) is 0 Å². The molecule has 2 aromatic heterocycles. The normalized spacial score (nSPS) is 20.1. The second kappa shape index (κ2) is 24.6. The van der Waals surface area contributed by atoms with Crippen LogP contribution in [0.5, 0.6) is 0 Å². The number of aliphatic hydroxyl groups is 1. The SMILES string of the molecule is OC1(c2c(F)c(F)c(F)c(F)c2F)C2=N/C(=C(/c3c(F)c(F)c(F)c(F)c3F)C3=N/C(=C(/c4c(F)c(F)c(F)c(F)c4F)c4ccc([nH]4)C(c4c(F)c(F)c(F)c(F)c4F)c4ccc([nH]4)/C(c4c(F)c(F)c(F)c(F)c4F)=C4\C=CC(=N4)/C(c4c(F)c(F)c(F)c(F)c4F)=C4/C=CC1=N4)C=C3)C=C2. The van der Waals surface area contributed by atoms with Crippen LogP contribution >= 0.6 is 0 Å². The molecule has 5 aliphatic heterocycles. The Morgan fingerprint density at radius 2 is 0.485 bits per heavy atom. The van der Waals surface area contributed by atoms with Crippen molar-refractivity contribution in [1.82, 2.24) is 9.97 Å². The minimum absolute atomic E-state index is 0.134. The molecule has 0 spiro atoms. The lowest BCUT2D eigenvalue weighted by Gasteiger charge is -2.28. The molecule has 0 fully saturated rings. The first-order chi connectivity index (χ1) is 48.5. The van der Waals surface area contributed by atoms with Gasteiger partial charge in [0.15, 0.2) is 145 Å². The number of H-pyrrole nitrogens is 2. The zero-order valence-corrected chi connectivity index (χ0v) is 48.6. The molecule has 0 saturated carbocycles. The molecular weight excluding hydrogens is 1460 g/mol. The van der Waals surface area contributed by atoms with Gasteiger partial charge in [-0.05, 0) is 72.9 Å². The fourth-order valence-electron chi connectivity index (χ4n) is 11.7. The Hall–Kier alpha value is -11.7. The van der Waals surface area contributed by atoms with Crippen LogP contribution in [0.2, 0.25) is 0 Å². The van der Waals surface area contributed by atoms with E-state index in [0.717, 1.165) is 0 Å². The molecular formula is C66H16F30N6O. The van der Waals surface area contributed by atoms with Gasteiger partial charge in [-0.3, -0.25) is 0 Å². The Morgan fingerprint density at radius 1 is 0.252 bits per heavy atom. The lowest BCUT2D eigenvalue weighted by Crippen LogP contribution is -2.44. The Balaban J connectivity index is 1.24. The summed E-state index contributed by atoms with van der Waals surface area (Å²) in [7, 11) is 0. The summed E-state index contributed by atoms with van der Waals surface area (Å²) < 4.78 is 473. The third-order valence-corrected chi connectivity index (χ3v) is 16.4. The van der Waals surface area contributed by atoms with Crippen molar-refractivity contribution in [2.75, 3.05) is 0 Å². The maximum atomic E-state index is 16.5. The van der Waals surface area contributed by atoms with Crippen LogP contribution < -0.4 is 0 Å². The van der Waals surface area contributed by atoms with Gasteiger partial charge in [0.25, 0.3) is 0 Å². The minimum atomic E-state index is -4.52. The monoisotopic (exact) mass is 1480 g/mol. The number of halogens is 30. The quantitative estimate of drug-likeness (QED) is 0.0862. The number of nitrogens with zero attached hydrogens (tertiary/aromatic N) is 4. The maximum absolute atomic E-state index is 16.5. The standard InChI is InChI=1S/C66H16F30N6O/c67-36-30(37(68)49(80)60(91)48(36)79)25-13-1-3-15(97-13)26(31-38(69)50(81)61(92)51(82)39(31)70)17-5-7-19(99-17)28(33-42(73)54(85)63(94)55(86)43(33)74)21-9-11-23(101-21)66(103,35-46(77)58(89)65(96)59(90)47(35)78)24-12-10-22(102-24)29(34-44(75)56(87)64(95)57(88)45(34)76)20-8-6-18(100-20)27(16-4-2-14(25)98-16)32-40(71)52(83)62(93)53(84)41(32)72/h1-12,25,97-98,103H/b26-17-,27-18+,28-21+,29-22+. The molecule has 526 valence electrons. The van der Waals surface area contributed by atoms with E-state index in [0.29, 0.717) is 48.6 Å². The first-order valence-electron chi connectivity index (χ1n) is 27.8. The van der Waals surface area contributed by atoms with Gasteiger partial charge in [-0.1, -0.05) is 0 Å². The average Bonchev–Trinajstić information content (AvgIpc) is 1.67. The molecule has 7 heterocycles. The number of fused-ring (bicyclic) bond motifs is 8. The van der Waals surface area contributed by atoms with Gasteiger partial charge >= 0.3 is 0 Å². The number of aliphatic imine (C=N–C) groups is 4. The number of rotatable bonds is 6. The first-order valence-corrected chi connectivity index (χ1v) is 27.8. The second-order valence-corrected chi connectivity index (χ2v) is 21.9. The molecule has 6 aromatic carbocycles. The molecule has 5 aliphatic rings. The summed E-state index contributed by atoms with van der Waals surface area (Å²) in [4.78, 5) is 19.4. The van der Waals surface area contributed by atoms with E-state index in [1.165, 1.54) is 0 Å². The summed E-state index contributed by atoms with van der Waals surface area (Å²) in [5.74, 6) is -90.5. The molecule has 0 amide bonds. The Labute approximate surface area is 548 Å². The van der Waals surface area contributed by atoms with E-state index in [9.17, 15) is 31.4 Å². The van der Waals surface area contributed by atoms with Crippen molar-refractivity contribution < 1.29 is 137 Å². The third-order valence-electron chi connectivity index (χ3n) is 16.4. The van der Waals surface area contributed by atoms with Gasteiger partial charge in [0.2, 0.25) is 34.9 Å². The average molecular weight is 1480 g/mol. The predicted molar refractivity (Wildman–Crippen MR) is 296 cm³/mol. The summed E-state index contributed by atoms with van der Waals surface area (Å²) in [6, 6.07) is 1.63. The molecule has 0 radical (unpaired) electrons. The van der Waals surface area contributed by atoms with Crippen LogP contribution in [0.1, 0.15) is 62.1 Å². The van der Waals surface area contributed by atoms with Crippen LogP contribution in [0.4, 0.5) is 132 Å².